The van der Waals surface area contributed by atoms with E-state index >= 15 is 0 Å². The van der Waals surface area contributed by atoms with Gasteiger partial charge in [-0.25, -0.2) is 0 Å². The number of nitrogens with one attached hydrogen (secondary N) is 1. The summed E-state index contributed by atoms with van der Waals surface area (Å²) in [7, 11) is 1.86. The third-order valence-electron chi connectivity index (χ3n) is 3.86. The van der Waals surface area contributed by atoms with Gasteiger partial charge in [0.15, 0.2) is 0 Å². The van der Waals surface area contributed by atoms with Gasteiger partial charge in [-0.1, -0.05) is 27.7 Å². The lowest BCUT2D eigenvalue weighted by Crippen LogP contribution is -2.53. The minimum Gasteiger partial charge on any atom is -0.344 e. The summed E-state index contributed by atoms with van der Waals surface area (Å²) in [5, 5.41) is 7.32. The molecule has 108 valence electrons. The molecule has 0 aliphatic carbocycles. The molecule has 0 aliphatic rings. The quantitative estimate of drug-likeness (QED) is 0.824. The first-order chi connectivity index (χ1) is 8.89. The molecule has 0 atom stereocenters. The van der Waals surface area contributed by atoms with Gasteiger partial charge in [0.1, 0.15) is 5.69 Å². The Hall–Kier alpha value is -1.36. The molecule has 1 amide bonds. The molecule has 19 heavy (non-hydrogen) atoms. The molecule has 1 heterocycles. The first kappa shape index (κ1) is 15.7. The highest BCUT2D eigenvalue weighted by Crippen LogP contribution is 2.17. The SMILES string of the molecule is CCC(CC)(CN)NC(=O)c1cc(C(C)C)n(C)n1. The summed E-state index contributed by atoms with van der Waals surface area (Å²) in [6, 6.07) is 1.85. The van der Waals surface area contributed by atoms with Crippen molar-refractivity contribution in [1.29, 1.82) is 0 Å². The highest BCUT2D eigenvalue weighted by molar-refractivity contribution is 5.93. The van der Waals surface area contributed by atoms with Gasteiger partial charge in [0.25, 0.3) is 5.91 Å². The molecule has 1 rings (SSSR count). The molecule has 0 radical (unpaired) electrons. The van der Waals surface area contributed by atoms with Gasteiger partial charge in [-0.3, -0.25) is 9.48 Å². The Morgan fingerprint density at radius 3 is 2.42 bits per heavy atom. The maximum atomic E-state index is 12.3. The summed E-state index contributed by atoms with van der Waals surface area (Å²) in [5.41, 5.74) is 6.99. The smallest absolute Gasteiger partial charge is 0.272 e. The Labute approximate surface area is 115 Å². The topological polar surface area (TPSA) is 72.9 Å². The van der Waals surface area contributed by atoms with Crippen molar-refractivity contribution in [3.63, 3.8) is 0 Å². The Bertz CT molecular complexity index is 424. The summed E-state index contributed by atoms with van der Waals surface area (Å²) in [5.74, 6) is 0.201. The molecular formula is C14H26N4O. The van der Waals surface area contributed by atoms with Gasteiger partial charge in [0, 0.05) is 19.3 Å². The van der Waals surface area contributed by atoms with Crippen LogP contribution in [0, 0.1) is 0 Å². The molecule has 3 N–H and O–H groups in total. The highest BCUT2D eigenvalue weighted by Gasteiger charge is 2.28. The second-order valence-electron chi connectivity index (χ2n) is 5.38. The second-order valence-corrected chi connectivity index (χ2v) is 5.38. The van der Waals surface area contributed by atoms with E-state index in [1.54, 1.807) is 4.68 Å². The van der Waals surface area contributed by atoms with Crippen LogP contribution in [0.1, 0.15) is 62.6 Å². The van der Waals surface area contributed by atoms with Crippen molar-refractivity contribution >= 4 is 5.91 Å². The second kappa shape index (κ2) is 6.19. The maximum absolute atomic E-state index is 12.3. The Morgan fingerprint density at radius 1 is 1.47 bits per heavy atom. The summed E-state index contributed by atoms with van der Waals surface area (Å²) in [6.45, 7) is 8.68. The monoisotopic (exact) mass is 266 g/mol. The number of hydrogen-bond acceptors (Lipinski definition) is 3. The van der Waals surface area contributed by atoms with Crippen molar-refractivity contribution in [2.45, 2.75) is 52.0 Å². The highest BCUT2D eigenvalue weighted by atomic mass is 16.2. The van der Waals surface area contributed by atoms with Crippen LogP contribution in [0.5, 0.6) is 0 Å². The molecule has 5 nitrogen and oxygen atoms in total. The van der Waals surface area contributed by atoms with Crippen molar-refractivity contribution < 1.29 is 4.79 Å². The van der Waals surface area contributed by atoms with Crippen LogP contribution in [0.4, 0.5) is 0 Å². The van der Waals surface area contributed by atoms with E-state index in [9.17, 15) is 4.79 Å². The largest absolute Gasteiger partial charge is 0.344 e. The number of nitrogens with two attached hydrogens (primary N) is 1. The third kappa shape index (κ3) is 3.35. The van der Waals surface area contributed by atoms with E-state index in [4.69, 9.17) is 5.73 Å². The molecule has 0 aromatic carbocycles. The lowest BCUT2D eigenvalue weighted by molar-refractivity contribution is 0.0889. The fourth-order valence-electron chi connectivity index (χ4n) is 2.20. The minimum absolute atomic E-state index is 0.142. The van der Waals surface area contributed by atoms with E-state index in [1.165, 1.54) is 0 Å². The number of hydrogen-bond donors (Lipinski definition) is 2. The van der Waals surface area contributed by atoms with Gasteiger partial charge in [-0.2, -0.15) is 5.10 Å². The third-order valence-corrected chi connectivity index (χ3v) is 3.86. The predicted octanol–water partition coefficient (Wildman–Crippen LogP) is 1.79. The normalized spacial score (nSPS) is 11.9. The average molecular weight is 266 g/mol. The van der Waals surface area contributed by atoms with Crippen molar-refractivity contribution in [1.82, 2.24) is 15.1 Å². The van der Waals surface area contributed by atoms with Gasteiger partial charge in [0.05, 0.1) is 5.54 Å². The van der Waals surface area contributed by atoms with E-state index in [2.05, 4.69) is 24.3 Å². The zero-order chi connectivity index (χ0) is 14.6. The number of carbonyl (C=O) groups excluding carboxylic acids is 1. The van der Waals surface area contributed by atoms with Crippen LogP contribution in [0.2, 0.25) is 0 Å². The molecule has 0 aliphatic heterocycles. The zero-order valence-corrected chi connectivity index (χ0v) is 12.7. The van der Waals surface area contributed by atoms with Gasteiger partial charge in [-0.15, -0.1) is 0 Å². The van der Waals surface area contributed by atoms with Gasteiger partial charge >= 0.3 is 0 Å². The van der Waals surface area contributed by atoms with Crippen molar-refractivity contribution in [3.05, 3.63) is 17.5 Å². The zero-order valence-electron chi connectivity index (χ0n) is 12.7. The van der Waals surface area contributed by atoms with Crippen LogP contribution in [-0.2, 0) is 7.05 Å². The number of carbonyl (C=O) groups is 1. The average Bonchev–Trinajstić information content (AvgIpc) is 2.78. The van der Waals surface area contributed by atoms with Gasteiger partial charge in [0.2, 0.25) is 0 Å². The molecule has 0 saturated heterocycles. The summed E-state index contributed by atoms with van der Waals surface area (Å²) < 4.78 is 1.77. The van der Waals surface area contributed by atoms with Crippen LogP contribution in [0.15, 0.2) is 6.07 Å². The molecule has 0 spiro atoms. The molecule has 0 bridgehead atoms. The first-order valence-electron chi connectivity index (χ1n) is 6.95. The van der Waals surface area contributed by atoms with E-state index in [-0.39, 0.29) is 11.4 Å². The van der Waals surface area contributed by atoms with E-state index in [1.807, 2.05) is 27.0 Å². The number of amides is 1. The van der Waals surface area contributed by atoms with Crippen molar-refractivity contribution in [3.8, 4) is 0 Å². The van der Waals surface area contributed by atoms with E-state index in [0.717, 1.165) is 18.5 Å². The van der Waals surface area contributed by atoms with Crippen molar-refractivity contribution in [2.75, 3.05) is 6.54 Å². The number of aromatic nitrogens is 2. The lowest BCUT2D eigenvalue weighted by Gasteiger charge is -2.31. The van der Waals surface area contributed by atoms with Crippen LogP contribution >= 0.6 is 0 Å². The first-order valence-corrected chi connectivity index (χ1v) is 6.95. The number of aryl methyl sites for hydroxylation is 1. The maximum Gasteiger partial charge on any atom is 0.272 e. The fourth-order valence-corrected chi connectivity index (χ4v) is 2.20. The molecule has 5 heteroatoms. The molecule has 1 aromatic heterocycles. The van der Waals surface area contributed by atoms with Crippen LogP contribution in [-0.4, -0.2) is 27.8 Å². The molecule has 0 saturated carbocycles. The molecule has 1 aromatic rings. The van der Waals surface area contributed by atoms with Crippen molar-refractivity contribution in [2.24, 2.45) is 12.8 Å². The summed E-state index contributed by atoms with van der Waals surface area (Å²) >= 11 is 0. The van der Waals surface area contributed by atoms with Crippen LogP contribution in [0.3, 0.4) is 0 Å². The number of rotatable bonds is 6. The Morgan fingerprint density at radius 2 is 2.05 bits per heavy atom. The van der Waals surface area contributed by atoms with Crippen LogP contribution < -0.4 is 11.1 Å². The standard InChI is InChI=1S/C14H26N4O/c1-6-14(7-2,9-15)16-13(19)11-8-12(10(3)4)18(5)17-11/h8,10H,6-7,9,15H2,1-5H3,(H,16,19). The summed E-state index contributed by atoms with van der Waals surface area (Å²) in [4.78, 5) is 12.3. The predicted molar refractivity (Wildman–Crippen MR) is 77.1 cm³/mol. The van der Waals surface area contributed by atoms with Gasteiger partial charge in [-0.05, 0) is 24.8 Å². The minimum atomic E-state index is -0.327. The molecular weight excluding hydrogens is 240 g/mol. The Kier molecular flexibility index (Phi) is 5.11. The number of nitrogens with zero attached hydrogens (tertiary/aromatic N) is 2. The van der Waals surface area contributed by atoms with Gasteiger partial charge < -0.3 is 11.1 Å². The van der Waals surface area contributed by atoms with E-state index < -0.39 is 0 Å². The fraction of sp³-hybridized carbons (Fsp3) is 0.714. The Balaban J connectivity index is 2.92. The van der Waals surface area contributed by atoms with E-state index in [0.29, 0.717) is 18.2 Å². The molecule has 0 unspecified atom stereocenters. The van der Waals surface area contributed by atoms with Crippen LogP contribution in [0.25, 0.3) is 0 Å². The summed E-state index contributed by atoms with van der Waals surface area (Å²) in [6.07, 6.45) is 1.63. The lowest BCUT2D eigenvalue weighted by atomic mass is 9.93. The molecule has 0 fully saturated rings.